The van der Waals surface area contributed by atoms with Crippen molar-refractivity contribution in [2.45, 2.75) is 25.9 Å². The van der Waals surface area contributed by atoms with E-state index in [0.717, 1.165) is 0 Å². The lowest BCUT2D eigenvalue weighted by Gasteiger charge is -2.16. The summed E-state index contributed by atoms with van der Waals surface area (Å²) in [7, 11) is 0. The SMILES string of the molecule is CC(C)Oc1cc(NCC(F)(F)CN)cc([N+](=O)[O-])c1. The van der Waals surface area contributed by atoms with E-state index in [1.807, 2.05) is 0 Å². The fourth-order valence-electron chi connectivity index (χ4n) is 1.43. The predicted octanol–water partition coefficient (Wildman–Crippen LogP) is 2.39. The second-order valence-corrected chi connectivity index (χ2v) is 4.55. The molecular formula is C12H17F2N3O3. The molecule has 8 heteroatoms. The number of hydrogen-bond donors (Lipinski definition) is 2. The molecular weight excluding hydrogens is 272 g/mol. The monoisotopic (exact) mass is 289 g/mol. The first-order valence-corrected chi connectivity index (χ1v) is 6.01. The number of non-ortho nitro benzene ring substituents is 1. The summed E-state index contributed by atoms with van der Waals surface area (Å²) in [4.78, 5) is 10.2. The smallest absolute Gasteiger partial charge is 0.276 e. The topological polar surface area (TPSA) is 90.4 Å². The molecule has 1 rings (SSSR count). The van der Waals surface area contributed by atoms with Crippen molar-refractivity contribution in [3.63, 3.8) is 0 Å². The van der Waals surface area contributed by atoms with Gasteiger partial charge in [0.25, 0.3) is 11.6 Å². The Kier molecular flexibility index (Phi) is 5.20. The van der Waals surface area contributed by atoms with Crippen LogP contribution in [0, 0.1) is 10.1 Å². The summed E-state index contributed by atoms with van der Waals surface area (Å²) in [6, 6.07) is 3.84. The Morgan fingerprint density at radius 1 is 1.45 bits per heavy atom. The number of alkyl halides is 2. The van der Waals surface area contributed by atoms with E-state index < -0.39 is 23.9 Å². The van der Waals surface area contributed by atoms with Crippen LogP contribution in [0.3, 0.4) is 0 Å². The summed E-state index contributed by atoms with van der Waals surface area (Å²) in [5.74, 6) is -2.84. The van der Waals surface area contributed by atoms with Crippen LogP contribution in [0.15, 0.2) is 18.2 Å². The summed E-state index contributed by atoms with van der Waals surface area (Å²) in [5.41, 5.74) is 4.87. The number of ether oxygens (including phenoxy) is 1. The Labute approximate surface area is 115 Å². The number of nitrogens with one attached hydrogen (secondary N) is 1. The van der Waals surface area contributed by atoms with Gasteiger partial charge >= 0.3 is 0 Å². The number of nitrogens with zero attached hydrogens (tertiary/aromatic N) is 1. The summed E-state index contributed by atoms with van der Waals surface area (Å²) in [5, 5.41) is 13.2. The van der Waals surface area contributed by atoms with Gasteiger partial charge < -0.3 is 15.8 Å². The van der Waals surface area contributed by atoms with Gasteiger partial charge in [0.05, 0.1) is 30.2 Å². The van der Waals surface area contributed by atoms with Crippen LogP contribution >= 0.6 is 0 Å². The minimum absolute atomic E-state index is 0.183. The highest BCUT2D eigenvalue weighted by Gasteiger charge is 2.26. The van der Waals surface area contributed by atoms with Crippen molar-refractivity contribution >= 4 is 11.4 Å². The van der Waals surface area contributed by atoms with E-state index in [9.17, 15) is 18.9 Å². The maximum atomic E-state index is 13.1. The fraction of sp³-hybridized carbons (Fsp3) is 0.500. The lowest BCUT2D eigenvalue weighted by Crippen LogP contribution is -2.35. The molecule has 0 aromatic heterocycles. The van der Waals surface area contributed by atoms with Gasteiger partial charge in [0.1, 0.15) is 5.75 Å². The number of nitrogens with two attached hydrogens (primary N) is 1. The maximum Gasteiger partial charge on any atom is 0.276 e. The van der Waals surface area contributed by atoms with E-state index in [4.69, 9.17) is 10.5 Å². The lowest BCUT2D eigenvalue weighted by molar-refractivity contribution is -0.384. The number of rotatable bonds is 7. The minimum Gasteiger partial charge on any atom is -0.491 e. The second kappa shape index (κ2) is 6.47. The first kappa shape index (κ1) is 16.1. The highest BCUT2D eigenvalue weighted by molar-refractivity contribution is 5.56. The Bertz CT molecular complexity index is 481. The van der Waals surface area contributed by atoms with Gasteiger partial charge in [0.15, 0.2) is 0 Å². The molecule has 3 N–H and O–H groups in total. The van der Waals surface area contributed by atoms with Crippen molar-refractivity contribution in [2.75, 3.05) is 18.4 Å². The molecule has 1 aromatic rings. The quantitative estimate of drug-likeness (QED) is 0.594. The van der Waals surface area contributed by atoms with E-state index in [2.05, 4.69) is 5.32 Å². The van der Waals surface area contributed by atoms with Gasteiger partial charge in [-0.05, 0) is 13.8 Å². The molecule has 0 aliphatic carbocycles. The molecule has 6 nitrogen and oxygen atoms in total. The highest BCUT2D eigenvalue weighted by Crippen LogP contribution is 2.27. The minimum atomic E-state index is -3.08. The Morgan fingerprint density at radius 2 is 2.10 bits per heavy atom. The summed E-state index contributed by atoms with van der Waals surface area (Å²) < 4.78 is 31.5. The molecule has 0 spiro atoms. The molecule has 0 unspecified atom stereocenters. The van der Waals surface area contributed by atoms with E-state index in [1.54, 1.807) is 13.8 Å². The number of halogens is 2. The summed E-state index contributed by atoms with van der Waals surface area (Å²) >= 11 is 0. The zero-order valence-electron chi connectivity index (χ0n) is 11.2. The molecule has 0 fully saturated rings. The van der Waals surface area contributed by atoms with Crippen LogP contribution < -0.4 is 15.8 Å². The van der Waals surface area contributed by atoms with E-state index in [0.29, 0.717) is 0 Å². The largest absolute Gasteiger partial charge is 0.491 e. The van der Waals surface area contributed by atoms with Gasteiger partial charge in [-0.2, -0.15) is 0 Å². The number of nitro groups is 1. The number of anilines is 1. The van der Waals surface area contributed by atoms with Crippen LogP contribution in [0.4, 0.5) is 20.2 Å². The van der Waals surface area contributed by atoms with Crippen molar-refractivity contribution in [2.24, 2.45) is 5.73 Å². The average Bonchev–Trinajstić information content (AvgIpc) is 2.35. The van der Waals surface area contributed by atoms with Crippen molar-refractivity contribution in [3.8, 4) is 5.75 Å². The van der Waals surface area contributed by atoms with Gasteiger partial charge in [-0.3, -0.25) is 10.1 Å². The van der Waals surface area contributed by atoms with Gasteiger partial charge in [-0.1, -0.05) is 0 Å². The van der Waals surface area contributed by atoms with E-state index in [1.165, 1.54) is 18.2 Å². The zero-order valence-corrected chi connectivity index (χ0v) is 11.2. The van der Waals surface area contributed by atoms with Crippen LogP contribution in [0.1, 0.15) is 13.8 Å². The van der Waals surface area contributed by atoms with Crippen LogP contribution in [0.25, 0.3) is 0 Å². The Morgan fingerprint density at radius 3 is 2.60 bits per heavy atom. The van der Waals surface area contributed by atoms with E-state index >= 15 is 0 Å². The zero-order chi connectivity index (χ0) is 15.3. The van der Waals surface area contributed by atoms with Crippen molar-refractivity contribution in [1.29, 1.82) is 0 Å². The molecule has 1 aromatic carbocycles. The summed E-state index contributed by atoms with van der Waals surface area (Å²) in [6.07, 6.45) is -0.185. The second-order valence-electron chi connectivity index (χ2n) is 4.55. The Hall–Kier alpha value is -1.96. The molecule has 0 saturated heterocycles. The number of hydrogen-bond acceptors (Lipinski definition) is 5. The van der Waals surface area contributed by atoms with Crippen LogP contribution in [0.2, 0.25) is 0 Å². The van der Waals surface area contributed by atoms with Crippen molar-refractivity contribution in [1.82, 2.24) is 0 Å². The van der Waals surface area contributed by atoms with Gasteiger partial charge in [0, 0.05) is 17.8 Å². The first-order chi connectivity index (χ1) is 9.23. The predicted molar refractivity (Wildman–Crippen MR) is 71.4 cm³/mol. The third-order valence-corrected chi connectivity index (χ3v) is 2.32. The molecule has 0 radical (unpaired) electrons. The molecule has 0 saturated carbocycles. The molecule has 0 amide bonds. The van der Waals surface area contributed by atoms with Crippen LogP contribution in [-0.4, -0.2) is 30.0 Å². The standard InChI is InChI=1S/C12H17F2N3O3/c1-8(2)20-11-4-9(3-10(5-11)17(18)19)16-7-12(13,14)6-15/h3-5,8,16H,6-7,15H2,1-2H3. The maximum absolute atomic E-state index is 13.1. The normalized spacial score (nSPS) is 11.5. The third kappa shape index (κ3) is 4.96. The highest BCUT2D eigenvalue weighted by atomic mass is 19.3. The average molecular weight is 289 g/mol. The van der Waals surface area contributed by atoms with Gasteiger partial charge in [0.2, 0.25) is 0 Å². The lowest BCUT2D eigenvalue weighted by atomic mass is 10.2. The van der Waals surface area contributed by atoms with Crippen LogP contribution in [-0.2, 0) is 0 Å². The summed E-state index contributed by atoms with van der Waals surface area (Å²) in [6.45, 7) is 2.01. The van der Waals surface area contributed by atoms with Gasteiger partial charge in [-0.15, -0.1) is 0 Å². The molecule has 0 bridgehead atoms. The molecule has 0 heterocycles. The van der Waals surface area contributed by atoms with E-state index in [-0.39, 0.29) is 23.2 Å². The molecule has 20 heavy (non-hydrogen) atoms. The number of benzene rings is 1. The number of nitro benzene ring substituents is 1. The molecule has 0 aliphatic heterocycles. The molecule has 112 valence electrons. The van der Waals surface area contributed by atoms with Crippen molar-refractivity contribution in [3.05, 3.63) is 28.3 Å². The van der Waals surface area contributed by atoms with Crippen molar-refractivity contribution < 1.29 is 18.4 Å². The van der Waals surface area contributed by atoms with Gasteiger partial charge in [-0.25, -0.2) is 8.78 Å². The van der Waals surface area contributed by atoms with Crippen LogP contribution in [0.5, 0.6) is 5.75 Å². The Balaban J connectivity index is 2.94. The molecule has 0 aliphatic rings. The molecule has 0 atom stereocenters. The first-order valence-electron chi connectivity index (χ1n) is 6.01. The third-order valence-electron chi connectivity index (χ3n) is 2.32. The fourth-order valence-corrected chi connectivity index (χ4v) is 1.43.